The Balaban J connectivity index is 2.37. The van der Waals surface area contributed by atoms with E-state index < -0.39 is 10.0 Å². The molecule has 0 unspecified atom stereocenters. The van der Waals surface area contributed by atoms with Gasteiger partial charge in [0.05, 0.1) is 4.90 Å². The van der Waals surface area contributed by atoms with Crippen LogP contribution in [0, 0.1) is 0 Å². The van der Waals surface area contributed by atoms with Gasteiger partial charge < -0.3 is 0 Å². The quantitative estimate of drug-likeness (QED) is 0.811. The van der Waals surface area contributed by atoms with E-state index in [9.17, 15) is 13.2 Å². The highest BCUT2D eigenvalue weighted by atomic mass is 32.2. The second kappa shape index (κ2) is 5.10. The van der Waals surface area contributed by atoms with E-state index >= 15 is 0 Å². The van der Waals surface area contributed by atoms with Crippen molar-refractivity contribution in [2.75, 3.05) is 11.4 Å². The summed E-state index contributed by atoms with van der Waals surface area (Å²) in [4.78, 5) is 15.3. The lowest BCUT2D eigenvalue weighted by Gasteiger charge is -2.16. The molecule has 1 aromatic carbocycles. The van der Waals surface area contributed by atoms with Crippen molar-refractivity contribution >= 4 is 32.3 Å². The number of carbonyl (C=O) groups excluding carboxylic acids is 1. The van der Waals surface area contributed by atoms with Crippen molar-refractivity contribution in [3.8, 4) is 0 Å². The number of anilines is 1. The van der Waals surface area contributed by atoms with Crippen LogP contribution < -0.4 is 4.31 Å². The van der Waals surface area contributed by atoms with Crippen LogP contribution in [0.5, 0.6) is 0 Å². The average Bonchev–Trinajstić information content (AvgIpc) is 2.91. The highest BCUT2D eigenvalue weighted by Gasteiger charge is 2.22. The standard InChI is InChI=1S/C12H12N2O3S2/c1-9(15)10-3-5-11(6-4-10)19(16,17)14(2)12-13-7-8-18-12/h3-8H,1-2H3. The van der Waals surface area contributed by atoms with Crippen LogP contribution in [0.15, 0.2) is 40.7 Å². The van der Waals surface area contributed by atoms with Gasteiger partial charge in [0.2, 0.25) is 0 Å². The molecule has 19 heavy (non-hydrogen) atoms. The Labute approximate surface area is 115 Å². The monoisotopic (exact) mass is 296 g/mol. The van der Waals surface area contributed by atoms with Crippen LogP contribution in [0.25, 0.3) is 0 Å². The maximum Gasteiger partial charge on any atom is 0.265 e. The van der Waals surface area contributed by atoms with Crippen LogP contribution >= 0.6 is 11.3 Å². The van der Waals surface area contributed by atoms with Crippen LogP contribution in [0.4, 0.5) is 5.13 Å². The van der Waals surface area contributed by atoms with Crippen molar-refractivity contribution in [1.82, 2.24) is 4.98 Å². The molecule has 0 aliphatic carbocycles. The Bertz CT molecular complexity index is 676. The Morgan fingerprint density at radius 1 is 1.26 bits per heavy atom. The number of sulfonamides is 1. The van der Waals surface area contributed by atoms with Gasteiger partial charge in [-0.2, -0.15) is 0 Å². The minimum Gasteiger partial charge on any atom is -0.295 e. The second-order valence-corrected chi connectivity index (χ2v) is 6.71. The largest absolute Gasteiger partial charge is 0.295 e. The zero-order chi connectivity index (χ0) is 14.0. The molecule has 0 fully saturated rings. The van der Waals surface area contributed by atoms with E-state index in [4.69, 9.17) is 0 Å². The van der Waals surface area contributed by atoms with Crippen molar-refractivity contribution in [3.05, 3.63) is 41.4 Å². The van der Waals surface area contributed by atoms with Gasteiger partial charge in [-0.05, 0) is 19.1 Å². The molecule has 2 aromatic rings. The smallest absolute Gasteiger partial charge is 0.265 e. The van der Waals surface area contributed by atoms with Crippen LogP contribution in [-0.2, 0) is 10.0 Å². The van der Waals surface area contributed by atoms with Gasteiger partial charge in [-0.1, -0.05) is 12.1 Å². The summed E-state index contributed by atoms with van der Waals surface area (Å²) >= 11 is 1.24. The van der Waals surface area contributed by atoms with Gasteiger partial charge in [0.1, 0.15) is 0 Å². The summed E-state index contributed by atoms with van der Waals surface area (Å²) in [6, 6.07) is 5.86. The van der Waals surface area contributed by atoms with Crippen molar-refractivity contribution in [3.63, 3.8) is 0 Å². The molecule has 0 saturated carbocycles. The van der Waals surface area contributed by atoms with Gasteiger partial charge in [-0.15, -0.1) is 11.3 Å². The number of carbonyl (C=O) groups is 1. The summed E-state index contributed by atoms with van der Waals surface area (Å²) < 4.78 is 25.8. The van der Waals surface area contributed by atoms with Gasteiger partial charge in [0.25, 0.3) is 10.0 Å². The molecule has 0 spiro atoms. The summed E-state index contributed by atoms with van der Waals surface area (Å²) in [6.45, 7) is 1.44. The van der Waals surface area contributed by atoms with Crippen LogP contribution in [0.2, 0.25) is 0 Å². The molecule has 0 aliphatic rings. The Morgan fingerprint density at radius 2 is 1.89 bits per heavy atom. The number of aromatic nitrogens is 1. The van der Waals surface area contributed by atoms with Crippen molar-refractivity contribution in [2.45, 2.75) is 11.8 Å². The molecule has 0 amide bonds. The number of Topliss-reactive ketones (excluding diaryl/α,β-unsaturated/α-hetero) is 1. The summed E-state index contributed by atoms with van der Waals surface area (Å²) in [6.07, 6.45) is 1.55. The number of rotatable bonds is 4. The highest BCUT2D eigenvalue weighted by Crippen LogP contribution is 2.23. The topological polar surface area (TPSA) is 67.3 Å². The fourth-order valence-electron chi connectivity index (χ4n) is 1.49. The number of nitrogens with zero attached hydrogens (tertiary/aromatic N) is 2. The molecule has 0 N–H and O–H groups in total. The van der Waals surface area contributed by atoms with Crippen LogP contribution in [0.1, 0.15) is 17.3 Å². The van der Waals surface area contributed by atoms with Gasteiger partial charge in [0.15, 0.2) is 10.9 Å². The summed E-state index contributed by atoms with van der Waals surface area (Å²) in [7, 11) is -2.18. The van der Waals surface area contributed by atoms with Gasteiger partial charge in [-0.3, -0.25) is 4.79 Å². The number of hydrogen-bond acceptors (Lipinski definition) is 5. The average molecular weight is 296 g/mol. The second-order valence-electron chi connectivity index (χ2n) is 3.87. The molecule has 0 radical (unpaired) electrons. The van der Waals surface area contributed by atoms with E-state index in [2.05, 4.69) is 4.98 Å². The molecular weight excluding hydrogens is 284 g/mol. The molecular formula is C12H12N2O3S2. The first-order valence-corrected chi connectivity index (χ1v) is 7.74. The molecule has 100 valence electrons. The van der Waals surface area contributed by atoms with Crippen molar-refractivity contribution < 1.29 is 13.2 Å². The fourth-order valence-corrected chi connectivity index (χ4v) is 3.48. The lowest BCUT2D eigenvalue weighted by Crippen LogP contribution is -2.26. The molecule has 0 bridgehead atoms. The zero-order valence-corrected chi connectivity index (χ0v) is 12.0. The zero-order valence-electron chi connectivity index (χ0n) is 10.4. The lowest BCUT2D eigenvalue weighted by atomic mass is 10.2. The number of hydrogen-bond donors (Lipinski definition) is 0. The van der Waals surface area contributed by atoms with E-state index in [1.54, 1.807) is 11.6 Å². The first-order valence-electron chi connectivity index (χ1n) is 5.42. The van der Waals surface area contributed by atoms with E-state index in [0.717, 1.165) is 4.31 Å². The molecule has 7 heteroatoms. The lowest BCUT2D eigenvalue weighted by molar-refractivity contribution is 0.101. The minimum absolute atomic E-state index is 0.0998. The predicted octanol–water partition coefficient (Wildman–Crippen LogP) is 2.17. The first kappa shape index (κ1) is 13.7. The third kappa shape index (κ3) is 2.66. The SMILES string of the molecule is CC(=O)c1ccc(S(=O)(=O)N(C)c2nccs2)cc1. The van der Waals surface area contributed by atoms with E-state index in [0.29, 0.717) is 10.7 Å². The summed E-state index contributed by atoms with van der Waals surface area (Å²) in [5.41, 5.74) is 0.482. The fraction of sp³-hybridized carbons (Fsp3) is 0.167. The van der Waals surface area contributed by atoms with Gasteiger partial charge in [-0.25, -0.2) is 17.7 Å². The Morgan fingerprint density at radius 3 is 2.37 bits per heavy atom. The van der Waals surface area contributed by atoms with Crippen molar-refractivity contribution in [2.24, 2.45) is 0 Å². The van der Waals surface area contributed by atoms with Gasteiger partial charge in [0, 0.05) is 24.2 Å². The number of thiazole rings is 1. The van der Waals surface area contributed by atoms with E-state index in [-0.39, 0.29) is 10.7 Å². The van der Waals surface area contributed by atoms with Crippen LogP contribution in [0.3, 0.4) is 0 Å². The number of benzene rings is 1. The normalized spacial score (nSPS) is 11.3. The van der Waals surface area contributed by atoms with E-state index in [1.165, 1.54) is 49.6 Å². The predicted molar refractivity (Wildman–Crippen MR) is 74.1 cm³/mol. The number of ketones is 1. The Hall–Kier alpha value is -1.73. The first-order chi connectivity index (χ1) is 8.93. The molecule has 1 heterocycles. The molecule has 5 nitrogen and oxygen atoms in total. The van der Waals surface area contributed by atoms with Crippen molar-refractivity contribution in [1.29, 1.82) is 0 Å². The maximum absolute atomic E-state index is 12.3. The maximum atomic E-state index is 12.3. The molecule has 1 aromatic heterocycles. The molecule has 0 saturated heterocycles. The third-order valence-corrected chi connectivity index (χ3v) is 5.33. The van der Waals surface area contributed by atoms with E-state index in [1.807, 2.05) is 0 Å². The minimum atomic E-state index is -3.63. The summed E-state index contributed by atoms with van der Waals surface area (Å²) in [5, 5.41) is 2.11. The van der Waals surface area contributed by atoms with Gasteiger partial charge >= 0.3 is 0 Å². The third-order valence-electron chi connectivity index (χ3n) is 2.61. The molecule has 2 rings (SSSR count). The Kier molecular flexibility index (Phi) is 3.68. The highest BCUT2D eigenvalue weighted by molar-refractivity contribution is 7.93. The molecule has 0 atom stereocenters. The molecule has 0 aliphatic heterocycles. The summed E-state index contributed by atoms with van der Waals surface area (Å²) in [5.74, 6) is -0.0998. The van der Waals surface area contributed by atoms with Crippen LogP contribution in [-0.4, -0.2) is 26.2 Å².